The van der Waals surface area contributed by atoms with E-state index in [2.05, 4.69) is 19.2 Å². The third-order valence-electron chi connectivity index (χ3n) is 2.93. The molecule has 0 aliphatic heterocycles. The Morgan fingerprint density at radius 3 is 2.21 bits per heavy atom. The van der Waals surface area contributed by atoms with Crippen molar-refractivity contribution < 1.29 is 4.79 Å². The summed E-state index contributed by atoms with van der Waals surface area (Å²) in [5.74, 6) is -0.0604. The number of carbonyl (C=O) groups is 1. The Kier molecular flexibility index (Phi) is 5.13. The van der Waals surface area contributed by atoms with E-state index >= 15 is 0 Å². The lowest BCUT2D eigenvalue weighted by Gasteiger charge is -2.34. The van der Waals surface area contributed by atoms with Crippen LogP contribution in [0.25, 0.3) is 0 Å². The number of amides is 1. The van der Waals surface area contributed by atoms with Crippen LogP contribution in [0.1, 0.15) is 47.5 Å². The van der Waals surface area contributed by atoms with Crippen molar-refractivity contribution in [1.82, 2.24) is 5.32 Å². The number of nitrogens with two attached hydrogens (primary N) is 1. The quantitative estimate of drug-likeness (QED) is 0.685. The molecule has 0 radical (unpaired) electrons. The minimum atomic E-state index is -0.589. The molecular formula is C11H24N2O. The van der Waals surface area contributed by atoms with Crippen molar-refractivity contribution in [3.63, 3.8) is 0 Å². The smallest absolute Gasteiger partial charge is 0.237 e. The second kappa shape index (κ2) is 5.35. The van der Waals surface area contributed by atoms with Crippen molar-refractivity contribution >= 4 is 5.91 Å². The van der Waals surface area contributed by atoms with E-state index in [9.17, 15) is 4.79 Å². The lowest BCUT2D eigenvalue weighted by Crippen LogP contribution is -2.59. The van der Waals surface area contributed by atoms with Crippen molar-refractivity contribution in [1.29, 1.82) is 0 Å². The van der Waals surface area contributed by atoms with Crippen LogP contribution >= 0.6 is 0 Å². The monoisotopic (exact) mass is 200 g/mol. The molecule has 0 saturated heterocycles. The summed E-state index contributed by atoms with van der Waals surface area (Å²) in [5, 5.41) is 3.32. The van der Waals surface area contributed by atoms with Crippen molar-refractivity contribution in [2.75, 3.05) is 0 Å². The Hall–Kier alpha value is -0.570. The summed E-state index contributed by atoms with van der Waals surface area (Å²) in [6, 6.07) is 0.333. The van der Waals surface area contributed by atoms with Gasteiger partial charge in [0.2, 0.25) is 5.91 Å². The first-order chi connectivity index (χ1) is 6.34. The number of rotatable bonds is 6. The van der Waals surface area contributed by atoms with E-state index in [0.29, 0.717) is 6.04 Å². The Morgan fingerprint density at radius 2 is 1.93 bits per heavy atom. The van der Waals surface area contributed by atoms with E-state index in [1.165, 1.54) is 0 Å². The number of primary amides is 1. The first kappa shape index (κ1) is 13.4. The highest BCUT2D eigenvalue weighted by molar-refractivity contribution is 5.84. The molecule has 0 bridgehead atoms. The zero-order chi connectivity index (χ0) is 11.4. The van der Waals surface area contributed by atoms with Crippen molar-refractivity contribution in [3.8, 4) is 0 Å². The number of hydrogen-bond donors (Lipinski definition) is 2. The van der Waals surface area contributed by atoms with Crippen LogP contribution in [0.15, 0.2) is 0 Å². The predicted molar refractivity (Wildman–Crippen MR) is 59.9 cm³/mol. The van der Waals surface area contributed by atoms with Gasteiger partial charge in [0.25, 0.3) is 0 Å². The van der Waals surface area contributed by atoms with Crippen molar-refractivity contribution in [3.05, 3.63) is 0 Å². The van der Waals surface area contributed by atoms with Gasteiger partial charge in [-0.1, -0.05) is 27.2 Å². The van der Waals surface area contributed by atoms with Crippen LogP contribution in [0.4, 0.5) is 0 Å². The summed E-state index contributed by atoms with van der Waals surface area (Å²) in [4.78, 5) is 11.4. The van der Waals surface area contributed by atoms with Gasteiger partial charge in [-0.15, -0.1) is 0 Å². The molecule has 0 aromatic rings. The number of hydrogen-bond acceptors (Lipinski definition) is 2. The summed E-state index contributed by atoms with van der Waals surface area (Å²) < 4.78 is 0. The molecule has 0 aliphatic carbocycles. The Bertz CT molecular complexity index is 192. The van der Waals surface area contributed by atoms with Gasteiger partial charge in [0, 0.05) is 6.04 Å². The van der Waals surface area contributed by atoms with Gasteiger partial charge in [-0.05, 0) is 26.2 Å². The molecule has 0 saturated carbocycles. The van der Waals surface area contributed by atoms with E-state index in [4.69, 9.17) is 5.73 Å². The lowest BCUT2D eigenvalue weighted by molar-refractivity contribution is -0.125. The van der Waals surface area contributed by atoms with Crippen LogP contribution in [0.3, 0.4) is 0 Å². The fourth-order valence-corrected chi connectivity index (χ4v) is 1.54. The second-order valence-electron chi connectivity index (χ2n) is 4.56. The van der Waals surface area contributed by atoms with Crippen LogP contribution in [-0.4, -0.2) is 17.5 Å². The summed E-state index contributed by atoms with van der Waals surface area (Å²) in [7, 11) is 0. The highest BCUT2D eigenvalue weighted by atomic mass is 16.1. The Balaban J connectivity index is 4.45. The highest BCUT2D eigenvalue weighted by Gasteiger charge is 2.35. The van der Waals surface area contributed by atoms with Crippen LogP contribution in [0.2, 0.25) is 0 Å². The van der Waals surface area contributed by atoms with Gasteiger partial charge < -0.3 is 11.1 Å². The number of nitrogens with one attached hydrogen (secondary N) is 1. The van der Waals surface area contributed by atoms with Gasteiger partial charge in [-0.3, -0.25) is 4.79 Å². The minimum absolute atomic E-state index is 0.208. The van der Waals surface area contributed by atoms with Gasteiger partial charge in [0.05, 0.1) is 5.54 Å². The SMILES string of the molecule is CCCC(C)NC(C)(C(N)=O)C(C)C. The van der Waals surface area contributed by atoms with E-state index in [1.54, 1.807) is 0 Å². The summed E-state index contributed by atoms with van der Waals surface area (Å²) >= 11 is 0. The van der Waals surface area contributed by atoms with E-state index < -0.39 is 5.54 Å². The molecule has 84 valence electrons. The zero-order valence-electron chi connectivity index (χ0n) is 10.1. The van der Waals surface area contributed by atoms with Crippen LogP contribution in [-0.2, 0) is 4.79 Å². The maximum atomic E-state index is 11.4. The molecule has 0 aromatic heterocycles. The third kappa shape index (κ3) is 3.29. The van der Waals surface area contributed by atoms with Crippen LogP contribution in [0.5, 0.6) is 0 Å². The second-order valence-corrected chi connectivity index (χ2v) is 4.56. The zero-order valence-corrected chi connectivity index (χ0v) is 10.1. The molecule has 3 heteroatoms. The first-order valence-electron chi connectivity index (χ1n) is 5.42. The maximum absolute atomic E-state index is 11.4. The average molecular weight is 200 g/mol. The van der Waals surface area contributed by atoms with Crippen molar-refractivity contribution in [2.45, 2.75) is 59.0 Å². The average Bonchev–Trinajstić information content (AvgIpc) is 2.03. The maximum Gasteiger partial charge on any atom is 0.237 e. The fourth-order valence-electron chi connectivity index (χ4n) is 1.54. The molecule has 2 unspecified atom stereocenters. The molecular weight excluding hydrogens is 176 g/mol. The summed E-state index contributed by atoms with van der Waals surface area (Å²) in [5.41, 5.74) is 4.83. The molecule has 3 nitrogen and oxygen atoms in total. The van der Waals surface area contributed by atoms with Gasteiger partial charge in [0.15, 0.2) is 0 Å². The predicted octanol–water partition coefficient (Wildman–Crippen LogP) is 1.66. The molecule has 0 aromatic carbocycles. The van der Waals surface area contributed by atoms with Gasteiger partial charge in [0.1, 0.15) is 0 Å². The fraction of sp³-hybridized carbons (Fsp3) is 0.909. The molecule has 0 aliphatic rings. The van der Waals surface area contributed by atoms with Gasteiger partial charge >= 0.3 is 0 Å². The topological polar surface area (TPSA) is 55.1 Å². The molecule has 1 amide bonds. The highest BCUT2D eigenvalue weighted by Crippen LogP contribution is 2.17. The number of carbonyl (C=O) groups excluding carboxylic acids is 1. The summed E-state index contributed by atoms with van der Waals surface area (Å²) in [6.07, 6.45) is 2.18. The third-order valence-corrected chi connectivity index (χ3v) is 2.93. The Morgan fingerprint density at radius 1 is 1.43 bits per heavy atom. The molecule has 2 atom stereocenters. The minimum Gasteiger partial charge on any atom is -0.368 e. The summed E-state index contributed by atoms with van der Waals surface area (Å²) in [6.45, 7) is 10.1. The van der Waals surface area contributed by atoms with Crippen LogP contribution < -0.4 is 11.1 Å². The standard InChI is InChI=1S/C11H24N2O/c1-6-7-9(4)13-11(5,8(2)3)10(12)14/h8-9,13H,6-7H2,1-5H3,(H2,12,14). The van der Waals surface area contributed by atoms with E-state index in [1.807, 2.05) is 20.8 Å². The molecule has 0 rings (SSSR count). The van der Waals surface area contributed by atoms with Crippen molar-refractivity contribution in [2.24, 2.45) is 11.7 Å². The lowest BCUT2D eigenvalue weighted by atomic mass is 9.86. The normalized spacial score (nSPS) is 17.9. The molecule has 0 spiro atoms. The van der Waals surface area contributed by atoms with Crippen LogP contribution in [0, 0.1) is 5.92 Å². The largest absolute Gasteiger partial charge is 0.368 e. The first-order valence-corrected chi connectivity index (χ1v) is 5.42. The van der Waals surface area contributed by atoms with E-state index in [-0.39, 0.29) is 11.8 Å². The molecule has 0 fully saturated rings. The van der Waals surface area contributed by atoms with E-state index in [0.717, 1.165) is 12.8 Å². The molecule has 3 N–H and O–H groups in total. The molecule has 0 heterocycles. The van der Waals surface area contributed by atoms with Gasteiger partial charge in [-0.2, -0.15) is 0 Å². The molecule has 14 heavy (non-hydrogen) atoms. The van der Waals surface area contributed by atoms with Gasteiger partial charge in [-0.25, -0.2) is 0 Å². The Labute approximate surface area is 87.4 Å².